The number of nitrogens with two attached hydrogens (primary N) is 1. The number of carboxylic acid groups (broad SMARTS) is 1. The number of anilines is 1. The summed E-state index contributed by atoms with van der Waals surface area (Å²) in [6, 6.07) is 10.6. The van der Waals surface area contributed by atoms with Gasteiger partial charge in [-0.3, -0.25) is 57.6 Å². The van der Waals surface area contributed by atoms with Gasteiger partial charge in [-0.2, -0.15) is 0 Å². The van der Waals surface area contributed by atoms with Crippen molar-refractivity contribution < 1.29 is 90.0 Å². The number of nitrogens with one attached hydrogen (secondary N) is 5. The second-order valence-electron chi connectivity index (χ2n) is 30.3. The largest absolute Gasteiger partial charge is 0.481 e. The lowest BCUT2D eigenvalue weighted by Crippen LogP contribution is -2.54. The zero-order valence-electron chi connectivity index (χ0n) is 66.9. The molecule has 0 unspecified atom stereocenters. The maximum absolute atomic E-state index is 14.5. The molecular formula is C79H127N9O19S. The van der Waals surface area contributed by atoms with Crippen LogP contribution in [-0.4, -0.2) is 202 Å². The van der Waals surface area contributed by atoms with Crippen molar-refractivity contribution in [1.29, 1.82) is 0 Å². The van der Waals surface area contributed by atoms with Crippen molar-refractivity contribution >= 4 is 86.5 Å². The molecule has 108 heavy (non-hydrogen) atoms. The van der Waals surface area contributed by atoms with E-state index < -0.39 is 105 Å². The summed E-state index contributed by atoms with van der Waals surface area (Å²) in [5, 5.41) is 18.8. The van der Waals surface area contributed by atoms with Gasteiger partial charge in [0.15, 0.2) is 17.3 Å². The number of benzene rings is 2. The average Bonchev–Trinajstić information content (AvgIpc) is 1.54. The summed E-state index contributed by atoms with van der Waals surface area (Å²) in [5.74, 6) is -6.88. The third-order valence-corrected chi connectivity index (χ3v) is 22.0. The summed E-state index contributed by atoms with van der Waals surface area (Å²) in [6.45, 7) is 22.2. The van der Waals surface area contributed by atoms with Crippen LogP contribution in [0.3, 0.4) is 0 Å². The van der Waals surface area contributed by atoms with Crippen LogP contribution >= 0.6 is 0 Å². The molecule has 0 bridgehead atoms. The fraction of sp³-hybridized carbons (Fsp3) is 0.696. The zero-order valence-corrected chi connectivity index (χ0v) is 67.7. The van der Waals surface area contributed by atoms with Gasteiger partial charge in [0, 0.05) is 102 Å². The first-order valence-corrected chi connectivity index (χ1v) is 39.9. The Hall–Kier alpha value is -7.73. The van der Waals surface area contributed by atoms with E-state index in [1.54, 1.807) is 93.3 Å². The van der Waals surface area contributed by atoms with Crippen LogP contribution in [0.5, 0.6) is 5.75 Å². The summed E-state index contributed by atoms with van der Waals surface area (Å²) in [5.41, 5.74) is 7.06. The number of methoxy groups -OCH3 is 2. The lowest BCUT2D eigenvalue weighted by Gasteiger charge is -2.41. The maximum atomic E-state index is 14.5. The molecule has 0 radical (unpaired) electrons. The van der Waals surface area contributed by atoms with Gasteiger partial charge in [0.2, 0.25) is 39.6 Å². The predicted molar refractivity (Wildman–Crippen MR) is 411 cm³/mol. The highest BCUT2D eigenvalue weighted by molar-refractivity contribution is 7.90. The molecule has 2 fully saturated rings. The van der Waals surface area contributed by atoms with E-state index in [2.05, 4.69) is 32.9 Å². The number of Topliss-reactive ketones (excluding diaryl/α,β-unsaturated/α-hetero) is 4. The number of urea groups is 1. The molecule has 608 valence electrons. The number of primary amides is 1. The molecular weight excluding hydrogens is 1410 g/mol. The summed E-state index contributed by atoms with van der Waals surface area (Å²) >= 11 is 0. The van der Waals surface area contributed by atoms with E-state index in [0.717, 1.165) is 31.2 Å². The molecule has 8 amide bonds. The van der Waals surface area contributed by atoms with E-state index in [0.29, 0.717) is 68.6 Å². The smallest absolute Gasteiger partial charge is 0.412 e. The molecule has 29 heteroatoms. The average molecular weight is 1540 g/mol. The third kappa shape index (κ3) is 32.8. The minimum atomic E-state index is -3.91. The number of rotatable bonds is 50. The Bertz CT molecular complexity index is 3340. The van der Waals surface area contributed by atoms with Gasteiger partial charge in [0.1, 0.15) is 18.1 Å². The van der Waals surface area contributed by atoms with Gasteiger partial charge in [-0.05, 0) is 138 Å². The van der Waals surface area contributed by atoms with Crippen LogP contribution < -0.4 is 36.5 Å². The Labute approximate surface area is 640 Å². The van der Waals surface area contributed by atoms with Gasteiger partial charge in [0.25, 0.3) is 0 Å². The molecule has 2 aromatic rings. The standard InChI is InChI=1S/C52H87N5O11S.C27H40N4O8/c1-14-16-17-18-27-53-52(63)68-39-23-21-37(22-24-39)29-38(50(61)54-69(64,65)40-25-26-40)30-43(58)36(8)49(67-13)42-20-19-28-57(42)46(60)32-45(66-12)48(35(7)15-2)56(11)51(62)41(33(3)4)31-44(59)47(34(5)6)55(9)10;1-17(2)25(31-23(34)7-4-8-24(35)36)22(33)14-20(6-5-13-29-27(28)38)26(37)30-21-11-9-19(10-12-21)16-39-15-18(3)32/h21-24,33-36,38,40-42,45,47-49H,14-20,25-32H2,1-13H3,(H,53,63)(H,54,61);9-12,17,20,25H,4-8,13-16H2,1-3H3,(H,30,37)(H,31,34)(H,35,36)(H3,28,29,38)/t35-,36-,38+,41-,42-,45+,47-,48-,49+;20-,25+/m01/s1. The first-order valence-electron chi connectivity index (χ1n) is 38.4. The van der Waals surface area contributed by atoms with Crippen molar-refractivity contribution in [3.05, 3.63) is 59.7 Å². The second kappa shape index (κ2) is 48.0. The van der Waals surface area contributed by atoms with Crippen LogP contribution in [0.2, 0.25) is 0 Å². The van der Waals surface area contributed by atoms with E-state index in [1.807, 2.05) is 60.5 Å². The molecule has 0 spiro atoms. The molecule has 11 atom stereocenters. The van der Waals surface area contributed by atoms with Crippen LogP contribution in [0.15, 0.2) is 48.5 Å². The number of amides is 8. The molecule has 1 aliphatic heterocycles. The van der Waals surface area contributed by atoms with E-state index in [4.69, 9.17) is 29.8 Å². The molecule has 1 saturated carbocycles. The summed E-state index contributed by atoms with van der Waals surface area (Å²) in [4.78, 5) is 160. The number of carbonyl (C=O) groups is 12. The SMILES string of the molecule is CC(=O)COCc1ccc(NC(=O)[C@H](CCCNC(N)=O)CC(=O)[C@@H](NC(=O)CCCC(=O)O)C(C)C)cc1.CCCCCCNC(=O)Oc1ccc(C[C@H](CC(=O)[C@H](C)[C@@H](OC)[C@@H]2CCCN2C(=O)C[C@@H](OC)[C@H]([C@@H](C)CC)N(C)C(=O)[C@@H](CC(=O)[C@H](C(C)C)N(C)C)C(C)C)C(=O)NS(=O)(=O)C2CC2)cc1. The van der Waals surface area contributed by atoms with Crippen molar-refractivity contribution in [1.82, 2.24) is 35.4 Å². The Morgan fingerprint density at radius 3 is 1.86 bits per heavy atom. The monoisotopic (exact) mass is 1540 g/mol. The van der Waals surface area contributed by atoms with Gasteiger partial charge in [-0.25, -0.2) is 18.0 Å². The number of ketones is 4. The summed E-state index contributed by atoms with van der Waals surface area (Å²) < 4.78 is 50.9. The fourth-order valence-electron chi connectivity index (χ4n) is 13.8. The Kier molecular flexibility index (Phi) is 42.0. The minimum absolute atomic E-state index is 0.0129. The summed E-state index contributed by atoms with van der Waals surface area (Å²) in [7, 11) is 4.62. The quantitative estimate of drug-likeness (QED) is 0.0304. The lowest BCUT2D eigenvalue weighted by molar-refractivity contribution is -0.149. The lowest BCUT2D eigenvalue weighted by atomic mass is 9.83. The molecule has 1 heterocycles. The van der Waals surface area contributed by atoms with E-state index in [1.165, 1.54) is 14.0 Å². The van der Waals surface area contributed by atoms with Crippen molar-refractivity contribution in [3.63, 3.8) is 0 Å². The van der Waals surface area contributed by atoms with Crippen LogP contribution in [0, 0.1) is 47.3 Å². The number of hydrogen-bond acceptors (Lipinski definition) is 19. The summed E-state index contributed by atoms with van der Waals surface area (Å²) in [6.07, 6.45) is 5.21. The highest BCUT2D eigenvalue weighted by Gasteiger charge is 2.45. The molecule has 2 aliphatic rings. The van der Waals surface area contributed by atoms with Gasteiger partial charge >= 0.3 is 18.1 Å². The molecule has 1 aliphatic carbocycles. The minimum Gasteiger partial charge on any atom is -0.481 e. The number of unbranched alkanes of at least 4 members (excludes halogenated alkanes) is 3. The molecule has 2 aromatic carbocycles. The van der Waals surface area contributed by atoms with E-state index in [-0.39, 0.29) is 142 Å². The highest BCUT2D eigenvalue weighted by Crippen LogP contribution is 2.34. The van der Waals surface area contributed by atoms with Crippen LogP contribution in [0.4, 0.5) is 15.3 Å². The molecule has 8 N–H and O–H groups in total. The van der Waals surface area contributed by atoms with Crippen molar-refractivity contribution in [2.45, 2.75) is 246 Å². The topological polar surface area (TPSA) is 392 Å². The number of ether oxygens (including phenoxy) is 4. The van der Waals surface area contributed by atoms with Crippen molar-refractivity contribution in [2.75, 3.05) is 66.9 Å². The fourth-order valence-corrected chi connectivity index (χ4v) is 15.2. The maximum Gasteiger partial charge on any atom is 0.412 e. The Balaban J connectivity index is 0.000000656. The number of carboxylic acids is 1. The Morgan fingerprint density at radius 2 is 1.31 bits per heavy atom. The normalized spacial score (nSPS) is 16.4. The van der Waals surface area contributed by atoms with Gasteiger partial charge in [0.05, 0.1) is 54.7 Å². The number of likely N-dealkylation sites (tertiary alicyclic amines) is 1. The number of hydrogen-bond donors (Lipinski definition) is 7. The van der Waals surface area contributed by atoms with Crippen LogP contribution in [0.25, 0.3) is 0 Å². The second-order valence-corrected chi connectivity index (χ2v) is 32.2. The number of aliphatic carboxylic acids is 1. The van der Waals surface area contributed by atoms with Gasteiger partial charge in [-0.1, -0.05) is 119 Å². The number of likely N-dealkylation sites (N-methyl/N-ethyl adjacent to an activating group) is 2. The first kappa shape index (κ1) is 94.5. The first-order chi connectivity index (χ1) is 50.9. The molecule has 1 saturated heterocycles. The van der Waals surface area contributed by atoms with Gasteiger partial charge < -0.3 is 60.9 Å². The van der Waals surface area contributed by atoms with Crippen molar-refractivity contribution in [2.24, 2.45) is 53.1 Å². The number of carbonyl (C=O) groups excluding carboxylic acids is 11. The number of nitrogens with zero attached hydrogens (tertiary/aromatic N) is 3. The highest BCUT2D eigenvalue weighted by atomic mass is 32.2. The van der Waals surface area contributed by atoms with E-state index in [9.17, 15) is 66.0 Å². The van der Waals surface area contributed by atoms with Crippen molar-refractivity contribution in [3.8, 4) is 5.75 Å². The van der Waals surface area contributed by atoms with Crippen LogP contribution in [-0.2, 0) is 85.2 Å². The molecule has 0 aromatic heterocycles. The predicted octanol–water partition coefficient (Wildman–Crippen LogP) is 8.97. The molecule has 28 nitrogen and oxygen atoms in total. The molecule has 4 rings (SSSR count). The third-order valence-electron chi connectivity index (χ3n) is 20.1. The van der Waals surface area contributed by atoms with Crippen LogP contribution in [0.1, 0.15) is 203 Å². The van der Waals surface area contributed by atoms with E-state index >= 15 is 0 Å². The Morgan fingerprint density at radius 1 is 0.685 bits per heavy atom. The zero-order chi connectivity index (χ0) is 81.1. The number of sulfonamides is 1. The van der Waals surface area contributed by atoms with Gasteiger partial charge in [-0.15, -0.1) is 0 Å².